The van der Waals surface area contributed by atoms with Gasteiger partial charge >= 0.3 is 0 Å². The molecular formula is C122H76N6O. The van der Waals surface area contributed by atoms with Crippen molar-refractivity contribution in [3.63, 3.8) is 0 Å². The van der Waals surface area contributed by atoms with Crippen LogP contribution < -0.4 is 9.80 Å². The lowest BCUT2D eigenvalue weighted by molar-refractivity contribution is 0.668. The summed E-state index contributed by atoms with van der Waals surface area (Å²) in [4.78, 5) is 4.67. The van der Waals surface area contributed by atoms with Crippen LogP contribution in [0.1, 0.15) is 0 Å². The van der Waals surface area contributed by atoms with Gasteiger partial charge in [0.05, 0.1) is 49.7 Å². The van der Waals surface area contributed by atoms with Gasteiger partial charge in [-0.05, 0) is 240 Å². The van der Waals surface area contributed by atoms with Gasteiger partial charge in [-0.2, -0.15) is 0 Å². The molecule has 0 unspecified atom stereocenters. The number of hydrogen-bond acceptors (Lipinski definition) is 3. The van der Waals surface area contributed by atoms with Gasteiger partial charge in [0.2, 0.25) is 0 Å². The van der Waals surface area contributed by atoms with E-state index >= 15 is 0 Å². The summed E-state index contributed by atoms with van der Waals surface area (Å²) in [6, 6.07) is 167. The van der Waals surface area contributed by atoms with Crippen LogP contribution in [0.25, 0.3) is 220 Å². The molecule has 7 heteroatoms. The Morgan fingerprint density at radius 2 is 0.527 bits per heavy atom. The molecular weight excluding hydrogens is 1570 g/mol. The summed E-state index contributed by atoms with van der Waals surface area (Å²) in [5, 5.41) is 20.6. The smallest absolute Gasteiger partial charge is 0.137 e. The van der Waals surface area contributed by atoms with Crippen molar-refractivity contribution in [3.05, 3.63) is 461 Å². The molecule has 0 aliphatic heterocycles. The van der Waals surface area contributed by atoms with E-state index in [2.05, 4.69) is 477 Å². The van der Waals surface area contributed by atoms with Gasteiger partial charge in [0, 0.05) is 117 Å². The number of fused-ring (bicyclic) bond motifs is 15. The van der Waals surface area contributed by atoms with Crippen LogP contribution in [0.2, 0.25) is 0 Å². The van der Waals surface area contributed by atoms with E-state index < -0.39 is 0 Å². The number of furan rings is 1. The molecule has 6 aromatic heterocycles. The Morgan fingerprint density at radius 1 is 0.171 bits per heavy atom. The number of hydrogen-bond donors (Lipinski definition) is 0. The fourth-order valence-corrected chi connectivity index (χ4v) is 21.9. The van der Waals surface area contributed by atoms with Gasteiger partial charge in [-0.15, -0.1) is 0 Å². The first-order valence-corrected chi connectivity index (χ1v) is 44.4. The van der Waals surface area contributed by atoms with E-state index in [0.717, 1.165) is 73.1 Å². The first kappa shape index (κ1) is 72.2. The largest absolute Gasteiger partial charge is 0.456 e. The second-order valence-electron chi connectivity index (χ2n) is 34.1. The van der Waals surface area contributed by atoms with E-state index in [1.54, 1.807) is 0 Å². The van der Waals surface area contributed by atoms with Crippen LogP contribution in [-0.4, -0.2) is 18.1 Å². The zero-order chi connectivity index (χ0) is 84.5. The maximum absolute atomic E-state index is 6.27. The summed E-state index contributed by atoms with van der Waals surface area (Å²) < 4.78 is 16.1. The van der Waals surface area contributed by atoms with Crippen LogP contribution in [-0.2, 0) is 0 Å². The Kier molecular flexibility index (Phi) is 16.0. The molecule has 21 aromatic carbocycles. The number of nitrogens with zero attached hydrogens (tertiary/aromatic N) is 6. The predicted octanol–water partition coefficient (Wildman–Crippen LogP) is 33.6. The van der Waals surface area contributed by atoms with Crippen molar-refractivity contribution in [2.45, 2.75) is 0 Å². The third-order valence-electron chi connectivity index (χ3n) is 27.2. The Balaban J connectivity index is 0.000000101. The van der Waals surface area contributed by atoms with E-state index in [1.807, 2.05) is 12.1 Å². The lowest BCUT2D eigenvalue weighted by atomic mass is 9.93. The minimum atomic E-state index is 0.916. The second-order valence-corrected chi connectivity index (χ2v) is 34.1. The molecule has 0 bridgehead atoms. The molecule has 0 saturated heterocycles. The van der Waals surface area contributed by atoms with E-state index in [4.69, 9.17) is 4.42 Å². The quantitative estimate of drug-likeness (QED) is 0.137. The van der Waals surface area contributed by atoms with Crippen molar-refractivity contribution < 1.29 is 4.42 Å². The average molecular weight is 1640 g/mol. The van der Waals surface area contributed by atoms with Crippen molar-refractivity contribution in [1.82, 2.24) is 18.1 Å². The molecule has 29 rings (SSSR count). The van der Waals surface area contributed by atoms with Gasteiger partial charge in [-0.3, -0.25) is 0 Å². The maximum Gasteiger partial charge on any atom is 0.137 e. The topological polar surface area (TPSA) is 38.8 Å². The fourth-order valence-electron chi connectivity index (χ4n) is 21.9. The number of anilines is 6. The first-order chi connectivity index (χ1) is 64.1. The minimum Gasteiger partial charge on any atom is -0.456 e. The molecule has 0 fully saturated rings. The lowest BCUT2D eigenvalue weighted by Gasteiger charge is -2.26. The number of aromatic nitrogens is 4. The third kappa shape index (κ3) is 11.0. The normalized spacial score (nSPS) is 12.0. The van der Waals surface area contributed by atoms with Gasteiger partial charge in [-0.1, -0.05) is 297 Å². The Morgan fingerprint density at radius 3 is 1.11 bits per heavy atom. The Labute approximate surface area is 742 Å². The lowest BCUT2D eigenvalue weighted by Crippen LogP contribution is -2.10. The summed E-state index contributed by atoms with van der Waals surface area (Å²) in [6.45, 7) is 0. The van der Waals surface area contributed by atoms with Gasteiger partial charge < -0.3 is 32.3 Å². The van der Waals surface area contributed by atoms with Gasteiger partial charge in [0.25, 0.3) is 0 Å². The van der Waals surface area contributed by atoms with Crippen molar-refractivity contribution in [2.75, 3.05) is 9.80 Å². The van der Waals surface area contributed by atoms with Crippen molar-refractivity contribution in [3.8, 4) is 72.7 Å². The molecule has 0 amide bonds. The highest BCUT2D eigenvalue weighted by atomic mass is 16.3. The highest BCUT2D eigenvalue weighted by Gasteiger charge is 2.30. The molecule has 0 N–H and O–H groups in total. The summed E-state index contributed by atoms with van der Waals surface area (Å²) >= 11 is 0. The molecule has 7 nitrogen and oxygen atoms in total. The molecule has 600 valence electrons. The number of para-hydroxylation sites is 6. The molecule has 27 aromatic rings. The molecule has 2 aliphatic carbocycles. The zero-order valence-corrected chi connectivity index (χ0v) is 70.0. The minimum absolute atomic E-state index is 0.916. The zero-order valence-electron chi connectivity index (χ0n) is 70.0. The van der Waals surface area contributed by atoms with E-state index in [0.29, 0.717) is 0 Å². The summed E-state index contributed by atoms with van der Waals surface area (Å²) in [5.41, 5.74) is 35.8. The SMILES string of the molecule is c1ccc(-c2cccc(N(c3ccccc3)c3cccc(-n4c5cccc6c5c5c7c(cccc7ccc54)-c4ccccc4-6)c3)c2)cc1.c1ccc(N(c2ccccc2)c2ccc(-n3c4cccc5c6ccccc6n6c7ccccc7c7ccc3c(c54)c76)cc2)cc1.c1ccc2c(c1)-c1cccc3ccc4c(c13)c1c-2cccc1n4-c1ccc2c(c1)oc1ccccc12. The van der Waals surface area contributed by atoms with Crippen LogP contribution in [0.4, 0.5) is 34.1 Å². The summed E-state index contributed by atoms with van der Waals surface area (Å²) in [5.74, 6) is 0. The Hall–Kier alpha value is -17.3. The van der Waals surface area contributed by atoms with Crippen molar-refractivity contribution >= 4 is 181 Å². The van der Waals surface area contributed by atoms with E-state index in [9.17, 15) is 0 Å². The predicted molar refractivity (Wildman–Crippen MR) is 543 cm³/mol. The van der Waals surface area contributed by atoms with Crippen LogP contribution in [0, 0.1) is 0 Å². The number of rotatable bonds is 10. The average Bonchev–Trinajstić information content (AvgIpc) is 1.52. The summed E-state index contributed by atoms with van der Waals surface area (Å²) in [7, 11) is 0. The second kappa shape index (κ2) is 28.7. The van der Waals surface area contributed by atoms with Crippen LogP contribution in [0.3, 0.4) is 0 Å². The fraction of sp³-hybridized carbons (Fsp3) is 0. The monoisotopic (exact) mass is 1640 g/mol. The van der Waals surface area contributed by atoms with Crippen molar-refractivity contribution in [1.29, 1.82) is 0 Å². The third-order valence-corrected chi connectivity index (χ3v) is 27.2. The standard InChI is InChI=1S/C46H30N2.C42H27N3.C34H19NO/c1-3-13-31(14-4-1)33-16-9-19-35(29-33)47(34-17-5-2-6-18-34)36-20-11-21-37(30-36)48-42-26-12-25-41-39-23-8-7-22-38(39)40-24-10-15-32-27-28-43(48)46(44(32)40)45(41)42;1-3-12-28(13-4-1)43(29-14-5-2-6-15-29)30-22-24-31(25-23-30)44-38-21-11-18-34-32-16-7-9-19-36(32)45-37-20-10-8-17-33(37)35-26-27-39(44)41(40(34)38)42(35)45;1-2-9-23-22(8-1)26-11-5-7-20-15-18-29-34(32(20)26)33-27(23)12-6-13-28(33)35(29)21-16-17-25-24-10-3-4-14-30(24)36-31(25)19-21/h1-30H;1-27H;1-19H. The first-order valence-electron chi connectivity index (χ1n) is 44.4. The Bertz CT molecular complexity index is 9220. The summed E-state index contributed by atoms with van der Waals surface area (Å²) in [6.07, 6.45) is 0. The molecule has 0 atom stereocenters. The van der Waals surface area contributed by atoms with Crippen LogP contribution in [0.5, 0.6) is 0 Å². The van der Waals surface area contributed by atoms with Crippen molar-refractivity contribution in [2.24, 2.45) is 0 Å². The van der Waals surface area contributed by atoms with Gasteiger partial charge in [0.15, 0.2) is 0 Å². The highest BCUT2D eigenvalue weighted by molar-refractivity contribution is 6.35. The van der Waals surface area contributed by atoms with Gasteiger partial charge in [-0.25, -0.2) is 0 Å². The number of benzene rings is 21. The molecule has 129 heavy (non-hydrogen) atoms. The van der Waals surface area contributed by atoms with Crippen LogP contribution in [0.15, 0.2) is 465 Å². The van der Waals surface area contributed by atoms with E-state index in [1.165, 1.54) is 181 Å². The molecule has 0 saturated carbocycles. The molecule has 2 aliphatic rings. The van der Waals surface area contributed by atoms with E-state index in [-0.39, 0.29) is 0 Å². The highest BCUT2D eigenvalue weighted by Crippen LogP contribution is 2.54. The molecule has 6 heterocycles. The van der Waals surface area contributed by atoms with Gasteiger partial charge in [0.1, 0.15) is 11.2 Å². The maximum atomic E-state index is 6.27. The molecule has 0 radical (unpaired) electrons. The van der Waals surface area contributed by atoms with Crippen LogP contribution >= 0.6 is 0 Å². The molecule has 0 spiro atoms.